The summed E-state index contributed by atoms with van der Waals surface area (Å²) in [6.07, 6.45) is 17.3. The second-order valence-electron chi connectivity index (χ2n) is 18.5. The summed E-state index contributed by atoms with van der Waals surface area (Å²) in [4.78, 5) is 2.53. The molecule has 314 valence electrons. The maximum atomic E-state index is 2.53. The Morgan fingerprint density at radius 2 is 1.18 bits per heavy atom. The van der Waals surface area contributed by atoms with Crippen molar-refractivity contribution in [1.82, 2.24) is 4.57 Å². The molecule has 1 heterocycles. The van der Waals surface area contributed by atoms with Crippen LogP contribution in [0.5, 0.6) is 0 Å². The Hall–Kier alpha value is -7.42. The summed E-state index contributed by atoms with van der Waals surface area (Å²) in [5, 5.41) is 1.31. The maximum absolute atomic E-state index is 2.53. The summed E-state index contributed by atoms with van der Waals surface area (Å²) in [5.74, 6) is 0.982. The largest absolute Gasteiger partial charge is 0.314 e. The lowest BCUT2D eigenvalue weighted by molar-refractivity contribution is 0.418. The van der Waals surface area contributed by atoms with E-state index in [0.29, 0.717) is 11.8 Å². The summed E-state index contributed by atoms with van der Waals surface area (Å²) in [7, 11) is 0. The van der Waals surface area contributed by atoms with Crippen LogP contribution in [0.3, 0.4) is 0 Å². The van der Waals surface area contributed by atoms with Crippen LogP contribution < -0.4 is 4.90 Å². The highest BCUT2D eigenvalue weighted by atomic mass is 15.1. The van der Waals surface area contributed by atoms with Gasteiger partial charge in [-0.15, -0.1) is 0 Å². The lowest BCUT2D eigenvalue weighted by Crippen LogP contribution is -2.39. The van der Waals surface area contributed by atoms with E-state index >= 15 is 0 Å². The first kappa shape index (κ1) is 39.2. The van der Waals surface area contributed by atoms with Gasteiger partial charge in [0, 0.05) is 56.7 Å². The van der Waals surface area contributed by atoms with Gasteiger partial charge in [0.15, 0.2) is 0 Å². The maximum Gasteiger partial charge on any atom is 0.0537 e. The standard InChI is InChI=1S/C63H52N2/c1-43-18-12-15-27-58(43)63(49-21-8-4-9-22-49)59-28-16-13-25-54(59)55-39-38-53(42-60(55)63)64(51-34-30-46(31-35-51)45-19-6-3-7-20-45)52-36-32-47(33-37-52)48-40-44(2)62-57(41-48)56-26-14-17-29-61(56)65(62)50-23-10-5-11-24-50/h3-17,19-39,41,43-44,60H,18,40,42H2,1-2H3. The third-order valence-electron chi connectivity index (χ3n) is 14.8. The molecule has 0 fully saturated rings. The third-order valence-corrected chi connectivity index (χ3v) is 14.8. The Morgan fingerprint density at radius 3 is 1.92 bits per heavy atom. The normalized spacial score (nSPS) is 20.8. The summed E-state index contributed by atoms with van der Waals surface area (Å²) < 4.78 is 2.49. The van der Waals surface area contributed by atoms with E-state index < -0.39 is 0 Å². The van der Waals surface area contributed by atoms with Gasteiger partial charge in [-0.05, 0) is 124 Å². The van der Waals surface area contributed by atoms with Crippen molar-refractivity contribution in [2.24, 2.45) is 11.8 Å². The Balaban J connectivity index is 0.977. The summed E-state index contributed by atoms with van der Waals surface area (Å²) in [6, 6.07) is 69.8. The molecule has 65 heavy (non-hydrogen) atoms. The van der Waals surface area contributed by atoms with Gasteiger partial charge in [0.25, 0.3) is 0 Å². The van der Waals surface area contributed by atoms with Crippen LogP contribution in [0.25, 0.3) is 44.9 Å². The first-order valence-electron chi connectivity index (χ1n) is 23.5. The van der Waals surface area contributed by atoms with E-state index in [4.69, 9.17) is 0 Å². The number of para-hydroxylation sites is 2. The van der Waals surface area contributed by atoms with E-state index in [-0.39, 0.29) is 11.3 Å². The zero-order valence-electron chi connectivity index (χ0n) is 37.1. The summed E-state index contributed by atoms with van der Waals surface area (Å²) in [6.45, 7) is 4.82. The SMILES string of the molecule is CC1CC=CC=C1C1(c2ccccc2)c2ccccc2C2=CC=C(N(c3ccc(C4=Cc5c(n(-c6ccccc6)c6ccccc56)C(C)C4)cc3)c3ccc(-c4ccccc4)cc3)CC21. The molecule has 2 heteroatoms. The van der Waals surface area contributed by atoms with Crippen molar-refractivity contribution in [1.29, 1.82) is 0 Å². The van der Waals surface area contributed by atoms with Crippen molar-refractivity contribution in [3.8, 4) is 16.8 Å². The van der Waals surface area contributed by atoms with Crippen LogP contribution in [0, 0.1) is 11.8 Å². The van der Waals surface area contributed by atoms with E-state index in [2.05, 4.69) is 248 Å². The molecule has 1 aromatic heterocycles. The minimum absolute atomic E-state index is 0.217. The highest BCUT2D eigenvalue weighted by Gasteiger charge is 2.54. The Morgan fingerprint density at radius 1 is 0.554 bits per heavy atom. The fraction of sp³-hybridized carbons (Fsp3) is 0.143. The molecule has 4 aliphatic rings. The number of fused-ring (bicyclic) bond motifs is 6. The zero-order valence-corrected chi connectivity index (χ0v) is 37.1. The molecule has 0 N–H and O–H groups in total. The van der Waals surface area contributed by atoms with E-state index in [1.165, 1.54) is 95.0 Å². The van der Waals surface area contributed by atoms with E-state index in [1.54, 1.807) is 0 Å². The van der Waals surface area contributed by atoms with E-state index in [1.807, 2.05) is 0 Å². The smallest absolute Gasteiger partial charge is 0.0537 e. The number of anilines is 2. The molecule has 4 atom stereocenters. The van der Waals surface area contributed by atoms with E-state index in [0.717, 1.165) is 19.3 Å². The number of rotatable bonds is 8. The number of aromatic nitrogens is 1. The molecule has 8 aromatic rings. The Bertz CT molecular complexity index is 3230. The number of allylic oxidation sites excluding steroid dienone is 9. The lowest BCUT2D eigenvalue weighted by Gasteiger charge is -2.45. The highest BCUT2D eigenvalue weighted by Crippen LogP contribution is 2.62. The van der Waals surface area contributed by atoms with Gasteiger partial charge in [0.1, 0.15) is 0 Å². The van der Waals surface area contributed by atoms with Crippen LogP contribution in [0.2, 0.25) is 0 Å². The van der Waals surface area contributed by atoms with Crippen molar-refractivity contribution >= 4 is 39.5 Å². The average molecular weight is 837 g/mol. The van der Waals surface area contributed by atoms with Crippen molar-refractivity contribution < 1.29 is 0 Å². The molecule has 4 unspecified atom stereocenters. The van der Waals surface area contributed by atoms with Gasteiger partial charge in [-0.25, -0.2) is 0 Å². The van der Waals surface area contributed by atoms with Crippen LogP contribution in [-0.2, 0) is 5.41 Å². The predicted octanol–water partition coefficient (Wildman–Crippen LogP) is 16.3. The second kappa shape index (κ2) is 16.0. The topological polar surface area (TPSA) is 8.17 Å². The fourth-order valence-corrected chi connectivity index (χ4v) is 12.0. The molecule has 2 nitrogen and oxygen atoms in total. The van der Waals surface area contributed by atoms with Crippen molar-refractivity contribution in [2.75, 3.05) is 4.90 Å². The van der Waals surface area contributed by atoms with Crippen LogP contribution in [-0.4, -0.2) is 4.57 Å². The van der Waals surface area contributed by atoms with Gasteiger partial charge in [-0.1, -0.05) is 189 Å². The van der Waals surface area contributed by atoms with Crippen LogP contribution in [0.1, 0.15) is 72.5 Å². The molecule has 0 saturated carbocycles. The fourth-order valence-electron chi connectivity index (χ4n) is 12.0. The van der Waals surface area contributed by atoms with Gasteiger partial charge in [-0.2, -0.15) is 0 Å². The number of benzene rings is 7. The Labute approximate surface area is 383 Å². The zero-order chi connectivity index (χ0) is 43.5. The molecule has 0 aliphatic heterocycles. The molecular weight excluding hydrogens is 785 g/mol. The van der Waals surface area contributed by atoms with Gasteiger partial charge < -0.3 is 9.47 Å². The number of hydrogen-bond donors (Lipinski definition) is 0. The van der Waals surface area contributed by atoms with E-state index in [9.17, 15) is 0 Å². The first-order chi connectivity index (χ1) is 32.1. The molecule has 0 saturated heterocycles. The Kier molecular flexibility index (Phi) is 9.64. The molecule has 4 aliphatic carbocycles. The van der Waals surface area contributed by atoms with Gasteiger partial charge >= 0.3 is 0 Å². The number of hydrogen-bond acceptors (Lipinski definition) is 1. The minimum atomic E-state index is -0.299. The molecule has 0 amide bonds. The van der Waals surface area contributed by atoms with Gasteiger partial charge in [-0.3, -0.25) is 0 Å². The van der Waals surface area contributed by atoms with Crippen LogP contribution in [0.15, 0.2) is 230 Å². The second-order valence-corrected chi connectivity index (χ2v) is 18.5. The van der Waals surface area contributed by atoms with Crippen molar-refractivity contribution in [2.45, 2.75) is 44.4 Å². The van der Waals surface area contributed by atoms with Gasteiger partial charge in [0.05, 0.1) is 5.52 Å². The molecule has 0 spiro atoms. The highest BCUT2D eigenvalue weighted by molar-refractivity contribution is 5.99. The quantitative estimate of drug-likeness (QED) is 0.148. The van der Waals surface area contributed by atoms with Crippen LogP contribution in [0.4, 0.5) is 11.4 Å². The lowest BCUT2D eigenvalue weighted by atomic mass is 9.59. The molecule has 12 rings (SSSR count). The number of nitrogens with zero attached hydrogens (tertiary/aromatic N) is 2. The minimum Gasteiger partial charge on any atom is -0.314 e. The first-order valence-corrected chi connectivity index (χ1v) is 23.5. The predicted molar refractivity (Wildman–Crippen MR) is 273 cm³/mol. The molecule has 0 bridgehead atoms. The summed E-state index contributed by atoms with van der Waals surface area (Å²) in [5.41, 5.74) is 20.8. The van der Waals surface area contributed by atoms with Crippen molar-refractivity contribution in [3.63, 3.8) is 0 Å². The average Bonchev–Trinajstić information content (AvgIpc) is 3.86. The van der Waals surface area contributed by atoms with Crippen LogP contribution >= 0.6 is 0 Å². The van der Waals surface area contributed by atoms with Gasteiger partial charge in [0.2, 0.25) is 0 Å². The molecule has 0 radical (unpaired) electrons. The molecular formula is C63H52N2. The third kappa shape index (κ3) is 6.38. The summed E-state index contributed by atoms with van der Waals surface area (Å²) >= 11 is 0. The molecule has 7 aromatic carbocycles. The van der Waals surface area contributed by atoms with Crippen molar-refractivity contribution in [3.05, 3.63) is 263 Å². The monoisotopic (exact) mass is 836 g/mol.